The summed E-state index contributed by atoms with van der Waals surface area (Å²) in [6, 6.07) is 0. The molecule has 0 aliphatic carbocycles. The molecular formula is C77H134O17P2. The highest BCUT2D eigenvalue weighted by atomic mass is 31.2. The Morgan fingerprint density at radius 3 is 0.906 bits per heavy atom. The monoisotopic (exact) mass is 1390 g/mol. The summed E-state index contributed by atoms with van der Waals surface area (Å²) in [5, 5.41) is 10.6. The maximum Gasteiger partial charge on any atom is 0.472 e. The van der Waals surface area contributed by atoms with E-state index in [2.05, 4.69) is 125 Å². The lowest BCUT2D eigenvalue weighted by atomic mass is 10.1. The van der Waals surface area contributed by atoms with E-state index in [1.54, 1.807) is 0 Å². The highest BCUT2D eigenvalue weighted by Gasteiger charge is 2.30. The fraction of sp³-hybridized carbons (Fsp3) is 0.740. The van der Waals surface area contributed by atoms with E-state index in [0.717, 1.165) is 167 Å². The first-order valence-electron chi connectivity index (χ1n) is 37.5. The Bertz CT molecular complexity index is 2200. The van der Waals surface area contributed by atoms with Gasteiger partial charge < -0.3 is 33.8 Å². The second kappa shape index (κ2) is 69.5. The summed E-state index contributed by atoms with van der Waals surface area (Å²) in [6.07, 6.45) is 71.2. The number of phosphoric acid groups is 2. The Hall–Kier alpha value is -4.02. The molecule has 0 saturated carbocycles. The highest BCUT2D eigenvalue weighted by molar-refractivity contribution is 7.47. The summed E-state index contributed by atoms with van der Waals surface area (Å²) in [4.78, 5) is 72.7. The van der Waals surface area contributed by atoms with Crippen molar-refractivity contribution in [2.75, 3.05) is 39.6 Å². The molecule has 0 radical (unpaired) electrons. The normalized spacial score (nSPS) is 14.5. The number of allylic oxidation sites excluding steroid dienone is 16. The molecule has 96 heavy (non-hydrogen) atoms. The molecule has 0 aromatic rings. The van der Waals surface area contributed by atoms with Gasteiger partial charge in [0, 0.05) is 25.7 Å². The van der Waals surface area contributed by atoms with Crippen molar-refractivity contribution in [3.05, 3.63) is 97.2 Å². The number of esters is 4. The average molecular weight is 1390 g/mol. The van der Waals surface area contributed by atoms with Crippen LogP contribution in [0.15, 0.2) is 97.2 Å². The minimum atomic E-state index is -4.98. The molecule has 0 fully saturated rings. The molecule has 19 heteroatoms. The van der Waals surface area contributed by atoms with Gasteiger partial charge >= 0.3 is 39.5 Å². The predicted molar refractivity (Wildman–Crippen MR) is 390 cm³/mol. The Balaban J connectivity index is 5.34. The number of hydrogen-bond acceptors (Lipinski definition) is 15. The number of aliphatic hydroxyl groups is 1. The molecule has 0 heterocycles. The number of ether oxygens (including phenoxy) is 4. The number of carbonyl (C=O) groups is 4. The first-order chi connectivity index (χ1) is 46.7. The van der Waals surface area contributed by atoms with Crippen LogP contribution in [0.25, 0.3) is 0 Å². The van der Waals surface area contributed by atoms with Crippen LogP contribution in [0.5, 0.6) is 0 Å². The summed E-state index contributed by atoms with van der Waals surface area (Å²) in [5.74, 6) is -2.22. The molecule has 5 atom stereocenters. The van der Waals surface area contributed by atoms with Gasteiger partial charge in [-0.3, -0.25) is 37.3 Å². The number of rotatable bonds is 70. The summed E-state index contributed by atoms with van der Waals surface area (Å²) < 4.78 is 68.3. The third kappa shape index (κ3) is 68.5. The van der Waals surface area contributed by atoms with Crippen LogP contribution in [-0.4, -0.2) is 96.7 Å². The van der Waals surface area contributed by atoms with Crippen molar-refractivity contribution in [1.29, 1.82) is 0 Å². The van der Waals surface area contributed by atoms with Gasteiger partial charge in [0.15, 0.2) is 12.2 Å². The molecule has 5 unspecified atom stereocenters. The van der Waals surface area contributed by atoms with E-state index in [4.69, 9.17) is 37.0 Å². The minimum Gasteiger partial charge on any atom is -0.462 e. The second-order valence-corrected chi connectivity index (χ2v) is 27.8. The van der Waals surface area contributed by atoms with Crippen LogP contribution in [0.4, 0.5) is 0 Å². The molecule has 0 aliphatic rings. The van der Waals surface area contributed by atoms with Crippen LogP contribution in [0.3, 0.4) is 0 Å². The Labute approximate surface area is 582 Å². The van der Waals surface area contributed by atoms with Crippen LogP contribution in [0, 0.1) is 0 Å². The SMILES string of the molecule is CC/C=C\C/C=C\C/C=C\C/C=C\C/C=C\CCCCCC(=O)OCC(COP(=O)(O)OCC(O)COP(=O)(O)OCC(COC(=O)CCCCCCC/C=C\CCCCCC)OC(=O)CCCCCCCCCCCCC)OC(=O)CCCCCCC/C=C\C/C=C\CCC. The van der Waals surface area contributed by atoms with E-state index in [-0.39, 0.29) is 25.7 Å². The zero-order valence-electron chi connectivity index (χ0n) is 60.3. The summed E-state index contributed by atoms with van der Waals surface area (Å²) in [5.41, 5.74) is 0. The lowest BCUT2D eigenvalue weighted by Gasteiger charge is -2.21. The fourth-order valence-corrected chi connectivity index (χ4v) is 11.4. The van der Waals surface area contributed by atoms with Gasteiger partial charge in [-0.1, -0.05) is 260 Å². The van der Waals surface area contributed by atoms with E-state index >= 15 is 0 Å². The summed E-state index contributed by atoms with van der Waals surface area (Å²) in [6.45, 7) is 4.62. The van der Waals surface area contributed by atoms with Crippen LogP contribution in [-0.2, 0) is 65.4 Å². The van der Waals surface area contributed by atoms with Crippen molar-refractivity contribution in [3.8, 4) is 0 Å². The van der Waals surface area contributed by atoms with Crippen LogP contribution in [0.1, 0.15) is 310 Å². The molecule has 0 aromatic carbocycles. The first kappa shape index (κ1) is 92.0. The standard InChI is InChI=1S/C77H134O17P2/c1-5-9-13-17-21-25-29-32-33-34-35-36-37-40-43-46-50-54-58-62-75(80)88-68-73(94-77(82)64-60-56-52-48-44-39-31-27-23-19-15-11-7-3)70-92-96(85,86)90-66-71(78)65-89-95(83,84)91-69-72(93-76(81)63-59-55-51-47-41-28-24-20-16-12-8-4)67-87-74(79)61-57-53-49-45-42-38-30-26-22-18-14-10-6-2/h9,13,15,19,21,25-27,30-33,35-36,40,43,71-73,78H,5-8,10-12,14,16-18,20,22-24,28-29,34,37-39,41-42,44-70H2,1-4H3,(H,83,84)(H,85,86)/b13-9-,19-15-,25-21-,30-26-,31-27-,33-32-,36-35-,43-40-. The van der Waals surface area contributed by atoms with Gasteiger partial charge in [0.05, 0.1) is 26.4 Å². The number of phosphoric ester groups is 2. The van der Waals surface area contributed by atoms with E-state index in [0.29, 0.717) is 25.7 Å². The molecule has 3 N–H and O–H groups in total. The molecule has 0 amide bonds. The Kier molecular flexibility index (Phi) is 66.6. The lowest BCUT2D eigenvalue weighted by molar-refractivity contribution is -0.161. The largest absolute Gasteiger partial charge is 0.472 e. The highest BCUT2D eigenvalue weighted by Crippen LogP contribution is 2.45. The van der Waals surface area contributed by atoms with E-state index in [1.807, 2.05) is 0 Å². The Morgan fingerprint density at radius 1 is 0.302 bits per heavy atom. The van der Waals surface area contributed by atoms with Crippen molar-refractivity contribution in [2.24, 2.45) is 0 Å². The van der Waals surface area contributed by atoms with Gasteiger partial charge in [-0.25, -0.2) is 9.13 Å². The zero-order chi connectivity index (χ0) is 70.4. The maximum atomic E-state index is 13.1. The van der Waals surface area contributed by atoms with Gasteiger partial charge in [0.1, 0.15) is 19.3 Å². The summed E-state index contributed by atoms with van der Waals surface area (Å²) >= 11 is 0. The quantitative estimate of drug-likeness (QED) is 0.0169. The van der Waals surface area contributed by atoms with Crippen LogP contribution in [0.2, 0.25) is 0 Å². The molecule has 17 nitrogen and oxygen atoms in total. The smallest absolute Gasteiger partial charge is 0.462 e. The van der Waals surface area contributed by atoms with Crippen molar-refractivity contribution < 1.29 is 80.2 Å². The van der Waals surface area contributed by atoms with Gasteiger partial charge in [0.25, 0.3) is 0 Å². The van der Waals surface area contributed by atoms with Crippen LogP contribution >= 0.6 is 15.6 Å². The van der Waals surface area contributed by atoms with Crippen molar-refractivity contribution in [1.82, 2.24) is 0 Å². The minimum absolute atomic E-state index is 0.0706. The van der Waals surface area contributed by atoms with Crippen molar-refractivity contribution in [3.63, 3.8) is 0 Å². The van der Waals surface area contributed by atoms with Crippen molar-refractivity contribution in [2.45, 2.75) is 329 Å². The van der Waals surface area contributed by atoms with E-state index in [1.165, 1.54) is 64.2 Å². The second-order valence-electron chi connectivity index (χ2n) is 24.9. The molecular weight excluding hydrogens is 1260 g/mol. The van der Waals surface area contributed by atoms with Gasteiger partial charge in [-0.2, -0.15) is 0 Å². The topological polar surface area (TPSA) is 237 Å². The third-order valence-corrected chi connectivity index (χ3v) is 17.4. The zero-order valence-corrected chi connectivity index (χ0v) is 62.1. The van der Waals surface area contributed by atoms with Crippen LogP contribution < -0.4 is 0 Å². The summed E-state index contributed by atoms with van der Waals surface area (Å²) in [7, 11) is -9.95. The molecule has 0 aliphatic heterocycles. The molecule has 0 saturated heterocycles. The van der Waals surface area contributed by atoms with Gasteiger partial charge in [-0.15, -0.1) is 0 Å². The molecule has 0 rings (SSSR count). The number of hydrogen-bond donors (Lipinski definition) is 3. The molecule has 0 bridgehead atoms. The number of unbranched alkanes of at least 4 members (excludes halogenated alkanes) is 28. The molecule has 0 aromatic heterocycles. The Morgan fingerprint density at radius 2 is 0.562 bits per heavy atom. The third-order valence-electron chi connectivity index (χ3n) is 15.5. The van der Waals surface area contributed by atoms with E-state index in [9.17, 15) is 43.2 Å². The van der Waals surface area contributed by atoms with Crippen molar-refractivity contribution >= 4 is 39.5 Å². The van der Waals surface area contributed by atoms with Gasteiger partial charge in [-0.05, 0) is 122 Å². The number of carbonyl (C=O) groups excluding carboxylic acids is 4. The molecule has 554 valence electrons. The lowest BCUT2D eigenvalue weighted by Crippen LogP contribution is -2.30. The fourth-order valence-electron chi connectivity index (χ4n) is 9.81. The first-order valence-corrected chi connectivity index (χ1v) is 40.5. The van der Waals surface area contributed by atoms with Gasteiger partial charge in [0.2, 0.25) is 0 Å². The average Bonchev–Trinajstić information content (AvgIpc) is 1.17. The molecule has 0 spiro atoms. The maximum absolute atomic E-state index is 13.1. The number of aliphatic hydroxyl groups excluding tert-OH is 1. The van der Waals surface area contributed by atoms with E-state index < -0.39 is 97.5 Å². The predicted octanol–water partition coefficient (Wildman–Crippen LogP) is 21.2.